The normalized spacial score (nSPS) is 12.9. The molecule has 1 aromatic rings. The lowest BCUT2D eigenvalue weighted by molar-refractivity contribution is 0.126. The Hall–Kier alpha value is -1.02. The number of hydrogen-bond donors (Lipinski definition) is 2. The summed E-state index contributed by atoms with van der Waals surface area (Å²) in [7, 11) is 1.90. The minimum Gasteiger partial charge on any atom is -0.393 e. The number of hydrogen-bond acceptors (Lipinski definition) is 2. The molecule has 1 atom stereocenters. The maximum atomic E-state index is 9.77. The average molecular weight is 193 g/mol. The first-order valence-electron chi connectivity index (χ1n) is 5.09. The minimum atomic E-state index is -0.260. The highest BCUT2D eigenvalue weighted by Crippen LogP contribution is 2.18. The maximum absolute atomic E-state index is 9.77. The van der Waals surface area contributed by atoms with Gasteiger partial charge in [0.2, 0.25) is 0 Å². The molecule has 0 radical (unpaired) electrons. The lowest BCUT2D eigenvalue weighted by Gasteiger charge is -2.16. The molecule has 78 valence electrons. The molecule has 2 nitrogen and oxygen atoms in total. The van der Waals surface area contributed by atoms with Crippen molar-refractivity contribution in [2.45, 2.75) is 26.4 Å². The Labute approximate surface area is 86.0 Å². The monoisotopic (exact) mass is 193 g/mol. The molecule has 1 unspecified atom stereocenters. The standard InChI is InChI=1S/C12H19NO/c1-9(2)12(14)8-10-6-4-5-7-11(10)13-3/h4-7,9,12-14H,8H2,1-3H3. The van der Waals surface area contributed by atoms with Crippen LogP contribution >= 0.6 is 0 Å². The van der Waals surface area contributed by atoms with Gasteiger partial charge in [-0.25, -0.2) is 0 Å². The molecular formula is C12H19NO. The number of para-hydroxylation sites is 1. The van der Waals surface area contributed by atoms with Gasteiger partial charge in [-0.1, -0.05) is 32.0 Å². The van der Waals surface area contributed by atoms with Crippen LogP contribution in [0.2, 0.25) is 0 Å². The molecule has 1 rings (SSSR count). The van der Waals surface area contributed by atoms with E-state index in [1.165, 1.54) is 5.56 Å². The van der Waals surface area contributed by atoms with Gasteiger partial charge in [0.05, 0.1) is 6.10 Å². The number of aliphatic hydroxyl groups is 1. The zero-order chi connectivity index (χ0) is 10.6. The molecule has 0 aromatic heterocycles. The van der Waals surface area contributed by atoms with Crippen molar-refractivity contribution in [2.75, 3.05) is 12.4 Å². The first-order chi connectivity index (χ1) is 6.65. The van der Waals surface area contributed by atoms with Gasteiger partial charge in [0.1, 0.15) is 0 Å². The highest BCUT2D eigenvalue weighted by Gasteiger charge is 2.11. The second kappa shape index (κ2) is 5.01. The zero-order valence-electron chi connectivity index (χ0n) is 9.12. The molecule has 2 N–H and O–H groups in total. The van der Waals surface area contributed by atoms with E-state index >= 15 is 0 Å². The van der Waals surface area contributed by atoms with E-state index in [0.29, 0.717) is 12.3 Å². The third-order valence-electron chi connectivity index (χ3n) is 2.49. The van der Waals surface area contributed by atoms with E-state index in [9.17, 15) is 5.11 Å². The molecule has 0 saturated heterocycles. The van der Waals surface area contributed by atoms with Crippen LogP contribution in [0, 0.1) is 5.92 Å². The van der Waals surface area contributed by atoms with Crippen molar-refractivity contribution in [3.8, 4) is 0 Å². The van der Waals surface area contributed by atoms with Crippen LogP contribution in [-0.2, 0) is 6.42 Å². The van der Waals surface area contributed by atoms with Crippen LogP contribution in [0.3, 0.4) is 0 Å². The quantitative estimate of drug-likeness (QED) is 0.769. The SMILES string of the molecule is CNc1ccccc1CC(O)C(C)C. The molecule has 0 bridgehead atoms. The van der Waals surface area contributed by atoms with Gasteiger partial charge in [0.15, 0.2) is 0 Å². The Morgan fingerprint density at radius 2 is 1.93 bits per heavy atom. The van der Waals surface area contributed by atoms with E-state index in [1.807, 2.05) is 39.1 Å². The summed E-state index contributed by atoms with van der Waals surface area (Å²) in [6.45, 7) is 4.07. The van der Waals surface area contributed by atoms with Crippen LogP contribution in [-0.4, -0.2) is 18.3 Å². The summed E-state index contributed by atoms with van der Waals surface area (Å²) in [5, 5.41) is 12.9. The zero-order valence-corrected chi connectivity index (χ0v) is 9.12. The number of aliphatic hydroxyl groups excluding tert-OH is 1. The van der Waals surface area contributed by atoms with E-state index in [4.69, 9.17) is 0 Å². The van der Waals surface area contributed by atoms with Crippen LogP contribution < -0.4 is 5.32 Å². The maximum Gasteiger partial charge on any atom is 0.0604 e. The third-order valence-corrected chi connectivity index (χ3v) is 2.49. The minimum absolute atomic E-state index is 0.260. The Bertz CT molecular complexity index is 283. The molecule has 0 fully saturated rings. The lowest BCUT2D eigenvalue weighted by Crippen LogP contribution is -2.18. The van der Waals surface area contributed by atoms with Gasteiger partial charge in [0.25, 0.3) is 0 Å². The largest absolute Gasteiger partial charge is 0.393 e. The van der Waals surface area contributed by atoms with Gasteiger partial charge in [-0.05, 0) is 17.5 Å². The van der Waals surface area contributed by atoms with Crippen molar-refractivity contribution in [1.82, 2.24) is 0 Å². The molecule has 2 heteroatoms. The molecule has 1 aromatic carbocycles. The summed E-state index contributed by atoms with van der Waals surface area (Å²) >= 11 is 0. The van der Waals surface area contributed by atoms with Gasteiger partial charge >= 0.3 is 0 Å². The predicted molar refractivity (Wildman–Crippen MR) is 60.5 cm³/mol. The lowest BCUT2D eigenvalue weighted by atomic mass is 9.98. The summed E-state index contributed by atoms with van der Waals surface area (Å²) < 4.78 is 0. The molecule has 0 aliphatic rings. The molecule has 0 spiro atoms. The average Bonchev–Trinajstić information content (AvgIpc) is 2.18. The summed E-state index contributed by atoms with van der Waals surface area (Å²) in [6, 6.07) is 8.08. The molecule has 0 aliphatic heterocycles. The van der Waals surface area contributed by atoms with Crippen molar-refractivity contribution in [3.63, 3.8) is 0 Å². The van der Waals surface area contributed by atoms with E-state index in [0.717, 1.165) is 5.69 Å². The van der Waals surface area contributed by atoms with E-state index in [1.54, 1.807) is 0 Å². The van der Waals surface area contributed by atoms with Gasteiger partial charge < -0.3 is 10.4 Å². The summed E-state index contributed by atoms with van der Waals surface area (Å²) in [5.74, 6) is 0.305. The second-order valence-electron chi connectivity index (χ2n) is 3.92. The third kappa shape index (κ3) is 2.74. The fourth-order valence-corrected chi connectivity index (χ4v) is 1.40. The molecule has 0 heterocycles. The van der Waals surface area contributed by atoms with Crippen LogP contribution in [0.5, 0.6) is 0 Å². The molecular weight excluding hydrogens is 174 g/mol. The van der Waals surface area contributed by atoms with Crippen molar-refractivity contribution in [1.29, 1.82) is 0 Å². The van der Waals surface area contributed by atoms with Crippen LogP contribution in [0.25, 0.3) is 0 Å². The molecule has 0 saturated carbocycles. The van der Waals surface area contributed by atoms with Crippen LogP contribution in [0.15, 0.2) is 24.3 Å². The summed E-state index contributed by atoms with van der Waals surface area (Å²) in [4.78, 5) is 0. The number of anilines is 1. The van der Waals surface area contributed by atoms with Crippen molar-refractivity contribution >= 4 is 5.69 Å². The van der Waals surface area contributed by atoms with Gasteiger partial charge in [-0.2, -0.15) is 0 Å². The highest BCUT2D eigenvalue weighted by atomic mass is 16.3. The predicted octanol–water partition coefficient (Wildman–Crippen LogP) is 2.29. The van der Waals surface area contributed by atoms with Crippen molar-refractivity contribution in [3.05, 3.63) is 29.8 Å². The number of benzene rings is 1. The fourth-order valence-electron chi connectivity index (χ4n) is 1.40. The van der Waals surface area contributed by atoms with Crippen LogP contribution in [0.1, 0.15) is 19.4 Å². The van der Waals surface area contributed by atoms with E-state index in [-0.39, 0.29) is 6.10 Å². The Kier molecular flexibility index (Phi) is 3.96. The first-order valence-corrected chi connectivity index (χ1v) is 5.09. The Balaban J connectivity index is 2.75. The van der Waals surface area contributed by atoms with Gasteiger partial charge in [0, 0.05) is 19.2 Å². The van der Waals surface area contributed by atoms with Crippen molar-refractivity contribution in [2.24, 2.45) is 5.92 Å². The summed E-state index contributed by atoms with van der Waals surface area (Å²) in [5.41, 5.74) is 2.28. The Morgan fingerprint density at radius 1 is 1.29 bits per heavy atom. The summed E-state index contributed by atoms with van der Waals surface area (Å²) in [6.07, 6.45) is 0.457. The number of rotatable bonds is 4. The van der Waals surface area contributed by atoms with E-state index < -0.39 is 0 Å². The van der Waals surface area contributed by atoms with Gasteiger partial charge in [-0.15, -0.1) is 0 Å². The number of nitrogens with one attached hydrogen (secondary N) is 1. The highest BCUT2D eigenvalue weighted by molar-refractivity contribution is 5.50. The van der Waals surface area contributed by atoms with E-state index in [2.05, 4.69) is 11.4 Å². The second-order valence-corrected chi connectivity index (χ2v) is 3.92. The fraction of sp³-hybridized carbons (Fsp3) is 0.500. The topological polar surface area (TPSA) is 32.3 Å². The van der Waals surface area contributed by atoms with Crippen LogP contribution in [0.4, 0.5) is 5.69 Å². The molecule has 14 heavy (non-hydrogen) atoms. The first kappa shape index (κ1) is 11.1. The van der Waals surface area contributed by atoms with Crippen molar-refractivity contribution < 1.29 is 5.11 Å². The Morgan fingerprint density at radius 3 is 2.50 bits per heavy atom. The molecule has 0 amide bonds. The smallest absolute Gasteiger partial charge is 0.0604 e. The molecule has 0 aliphatic carbocycles. The van der Waals surface area contributed by atoms with Gasteiger partial charge in [-0.3, -0.25) is 0 Å².